The van der Waals surface area contributed by atoms with Crippen LogP contribution in [0.5, 0.6) is 0 Å². The maximum atomic E-state index is 3.90. The highest BCUT2D eigenvalue weighted by Gasteiger charge is 2.26. The van der Waals surface area contributed by atoms with Gasteiger partial charge in [0, 0.05) is 18.6 Å². The summed E-state index contributed by atoms with van der Waals surface area (Å²) in [5.41, 5.74) is 0. The molecule has 2 aliphatic heterocycles. The third-order valence-electron chi connectivity index (χ3n) is 4.91. The van der Waals surface area contributed by atoms with E-state index in [1.54, 1.807) is 0 Å². The molecule has 106 valence electrons. The van der Waals surface area contributed by atoms with Crippen LogP contribution in [0, 0.1) is 5.92 Å². The fourth-order valence-corrected chi connectivity index (χ4v) is 3.47. The Hall–Kier alpha value is -0.120. The van der Waals surface area contributed by atoms with Crippen LogP contribution < -0.4 is 5.32 Å². The largest absolute Gasteiger partial charge is 0.311 e. The molecule has 0 saturated carbocycles. The highest BCUT2D eigenvalue weighted by molar-refractivity contribution is 4.84. The fourth-order valence-electron chi connectivity index (χ4n) is 3.47. The minimum absolute atomic E-state index is 0.688. The second-order valence-corrected chi connectivity index (χ2v) is 6.33. The van der Waals surface area contributed by atoms with Crippen LogP contribution in [-0.4, -0.2) is 61.7 Å². The standard InChI is InChI=1S/C15H31N3/c1-4-18-9-5-6-14(12-18)13(2)16-15-7-10-17(3)11-8-15/h13-16H,4-12H2,1-3H3. The van der Waals surface area contributed by atoms with Crippen LogP contribution in [0.1, 0.15) is 39.5 Å². The van der Waals surface area contributed by atoms with Crippen molar-refractivity contribution >= 4 is 0 Å². The molecule has 0 amide bonds. The van der Waals surface area contributed by atoms with Crippen molar-refractivity contribution in [3.8, 4) is 0 Å². The molecule has 18 heavy (non-hydrogen) atoms. The van der Waals surface area contributed by atoms with Crippen LogP contribution in [0.3, 0.4) is 0 Å². The van der Waals surface area contributed by atoms with Crippen LogP contribution in [0.4, 0.5) is 0 Å². The van der Waals surface area contributed by atoms with Crippen LogP contribution in [0.15, 0.2) is 0 Å². The average Bonchev–Trinajstić information content (AvgIpc) is 2.41. The molecule has 0 spiro atoms. The lowest BCUT2D eigenvalue weighted by Crippen LogP contribution is -2.50. The van der Waals surface area contributed by atoms with Gasteiger partial charge >= 0.3 is 0 Å². The molecule has 0 aliphatic carbocycles. The Morgan fingerprint density at radius 3 is 2.56 bits per heavy atom. The van der Waals surface area contributed by atoms with Gasteiger partial charge in [-0.3, -0.25) is 0 Å². The highest BCUT2D eigenvalue weighted by Crippen LogP contribution is 2.21. The second-order valence-electron chi connectivity index (χ2n) is 6.33. The van der Waals surface area contributed by atoms with Crippen molar-refractivity contribution in [2.45, 2.75) is 51.6 Å². The Morgan fingerprint density at radius 1 is 1.17 bits per heavy atom. The van der Waals surface area contributed by atoms with Crippen molar-refractivity contribution in [3.05, 3.63) is 0 Å². The Labute approximate surface area is 113 Å². The SMILES string of the molecule is CCN1CCCC(C(C)NC2CCN(C)CC2)C1. The Kier molecular flexibility index (Phi) is 5.46. The topological polar surface area (TPSA) is 18.5 Å². The van der Waals surface area contributed by atoms with E-state index in [4.69, 9.17) is 0 Å². The van der Waals surface area contributed by atoms with E-state index in [-0.39, 0.29) is 0 Å². The van der Waals surface area contributed by atoms with Crippen molar-refractivity contribution in [2.24, 2.45) is 5.92 Å². The normalized spacial score (nSPS) is 30.5. The van der Waals surface area contributed by atoms with Gasteiger partial charge in [0.1, 0.15) is 0 Å². The summed E-state index contributed by atoms with van der Waals surface area (Å²) in [4.78, 5) is 5.06. The van der Waals surface area contributed by atoms with E-state index in [1.165, 1.54) is 58.4 Å². The van der Waals surface area contributed by atoms with Crippen LogP contribution >= 0.6 is 0 Å². The summed E-state index contributed by atoms with van der Waals surface area (Å²) in [6, 6.07) is 1.45. The van der Waals surface area contributed by atoms with Gasteiger partial charge in [0.15, 0.2) is 0 Å². The highest BCUT2D eigenvalue weighted by atomic mass is 15.1. The Bertz CT molecular complexity index is 236. The van der Waals surface area contributed by atoms with E-state index in [1.807, 2.05) is 0 Å². The third-order valence-corrected chi connectivity index (χ3v) is 4.91. The molecular weight excluding hydrogens is 222 g/mol. The molecule has 0 bridgehead atoms. The Balaban J connectivity index is 1.75. The van der Waals surface area contributed by atoms with E-state index in [2.05, 4.69) is 36.0 Å². The molecule has 2 saturated heterocycles. The maximum Gasteiger partial charge on any atom is 0.00940 e. The summed E-state index contributed by atoms with van der Waals surface area (Å²) in [7, 11) is 2.24. The molecule has 2 unspecified atom stereocenters. The first kappa shape index (κ1) is 14.3. The predicted octanol–water partition coefficient (Wildman–Crippen LogP) is 1.79. The van der Waals surface area contributed by atoms with Gasteiger partial charge in [-0.15, -0.1) is 0 Å². The number of hydrogen-bond acceptors (Lipinski definition) is 3. The summed E-state index contributed by atoms with van der Waals surface area (Å²) in [5.74, 6) is 0.860. The average molecular weight is 253 g/mol. The quantitative estimate of drug-likeness (QED) is 0.824. The van der Waals surface area contributed by atoms with Crippen LogP contribution in [-0.2, 0) is 0 Å². The number of nitrogens with one attached hydrogen (secondary N) is 1. The molecule has 2 aliphatic rings. The lowest BCUT2D eigenvalue weighted by Gasteiger charge is -2.38. The lowest BCUT2D eigenvalue weighted by atomic mass is 9.90. The fraction of sp³-hybridized carbons (Fsp3) is 1.00. The van der Waals surface area contributed by atoms with E-state index < -0.39 is 0 Å². The van der Waals surface area contributed by atoms with E-state index in [0.717, 1.165) is 12.0 Å². The second kappa shape index (κ2) is 6.88. The number of hydrogen-bond donors (Lipinski definition) is 1. The summed E-state index contributed by atoms with van der Waals surface area (Å²) in [5, 5.41) is 3.90. The van der Waals surface area contributed by atoms with Gasteiger partial charge in [-0.2, -0.15) is 0 Å². The molecule has 0 aromatic heterocycles. The molecule has 2 rings (SSSR count). The molecule has 0 radical (unpaired) electrons. The molecule has 0 aromatic carbocycles. The number of rotatable bonds is 4. The van der Waals surface area contributed by atoms with Gasteiger partial charge in [-0.25, -0.2) is 0 Å². The van der Waals surface area contributed by atoms with E-state index in [9.17, 15) is 0 Å². The minimum atomic E-state index is 0.688. The number of likely N-dealkylation sites (tertiary alicyclic amines) is 2. The predicted molar refractivity (Wildman–Crippen MR) is 78.0 cm³/mol. The van der Waals surface area contributed by atoms with Crippen LogP contribution in [0.25, 0.3) is 0 Å². The molecule has 2 fully saturated rings. The maximum absolute atomic E-state index is 3.90. The summed E-state index contributed by atoms with van der Waals surface area (Å²) in [6.07, 6.45) is 5.45. The van der Waals surface area contributed by atoms with E-state index in [0.29, 0.717) is 6.04 Å². The van der Waals surface area contributed by atoms with Gasteiger partial charge in [-0.05, 0) is 71.8 Å². The smallest absolute Gasteiger partial charge is 0.00940 e. The lowest BCUT2D eigenvalue weighted by molar-refractivity contribution is 0.142. The molecule has 0 aromatic rings. The zero-order valence-corrected chi connectivity index (χ0v) is 12.5. The van der Waals surface area contributed by atoms with Crippen molar-refractivity contribution in [3.63, 3.8) is 0 Å². The first-order chi connectivity index (χ1) is 8.69. The first-order valence-corrected chi connectivity index (χ1v) is 7.86. The summed E-state index contributed by atoms with van der Waals surface area (Å²) >= 11 is 0. The molecule has 3 heteroatoms. The van der Waals surface area contributed by atoms with Gasteiger partial charge in [0.2, 0.25) is 0 Å². The first-order valence-electron chi connectivity index (χ1n) is 7.86. The zero-order chi connectivity index (χ0) is 13.0. The van der Waals surface area contributed by atoms with Gasteiger partial charge in [0.05, 0.1) is 0 Å². The number of nitrogens with zero attached hydrogens (tertiary/aromatic N) is 2. The monoisotopic (exact) mass is 253 g/mol. The van der Waals surface area contributed by atoms with Gasteiger partial charge in [-0.1, -0.05) is 6.92 Å². The van der Waals surface area contributed by atoms with Gasteiger partial charge in [0.25, 0.3) is 0 Å². The number of piperidine rings is 2. The van der Waals surface area contributed by atoms with E-state index >= 15 is 0 Å². The molecule has 3 nitrogen and oxygen atoms in total. The minimum Gasteiger partial charge on any atom is -0.311 e. The molecule has 2 atom stereocenters. The summed E-state index contributed by atoms with van der Waals surface area (Å²) < 4.78 is 0. The van der Waals surface area contributed by atoms with Crippen molar-refractivity contribution in [1.82, 2.24) is 15.1 Å². The molecule has 2 heterocycles. The van der Waals surface area contributed by atoms with Crippen molar-refractivity contribution < 1.29 is 0 Å². The van der Waals surface area contributed by atoms with Crippen molar-refractivity contribution in [2.75, 3.05) is 39.8 Å². The molecular formula is C15H31N3. The summed E-state index contributed by atoms with van der Waals surface area (Å²) in [6.45, 7) is 11.1. The third kappa shape index (κ3) is 3.94. The van der Waals surface area contributed by atoms with Gasteiger partial charge < -0.3 is 15.1 Å². The van der Waals surface area contributed by atoms with Crippen molar-refractivity contribution in [1.29, 1.82) is 0 Å². The Morgan fingerprint density at radius 2 is 1.89 bits per heavy atom. The zero-order valence-electron chi connectivity index (χ0n) is 12.5. The van der Waals surface area contributed by atoms with Crippen LogP contribution in [0.2, 0.25) is 0 Å². The molecule has 1 N–H and O–H groups in total.